The van der Waals surface area contributed by atoms with Crippen molar-refractivity contribution in [1.82, 2.24) is 0 Å². The maximum Gasteiger partial charge on any atom is 0.162 e. The number of methoxy groups -OCH3 is 1. The minimum Gasteiger partial charge on any atom is -0.385 e. The zero-order valence-electron chi connectivity index (χ0n) is 10.7. The molecule has 0 atom stereocenters. The maximum absolute atomic E-state index is 12.7. The Morgan fingerprint density at radius 3 is 2.56 bits per heavy atom. The van der Waals surface area contributed by atoms with Crippen LogP contribution in [0.2, 0.25) is 0 Å². The third-order valence-corrected chi connectivity index (χ3v) is 3.65. The van der Waals surface area contributed by atoms with Gasteiger partial charge < -0.3 is 4.74 Å². The molecule has 18 heavy (non-hydrogen) atoms. The molecule has 0 heterocycles. The molecule has 1 rings (SSSR count). The van der Waals surface area contributed by atoms with Crippen LogP contribution < -0.4 is 0 Å². The topological polar surface area (TPSA) is 26.3 Å². The molecular weight excluding hydrogens is 251 g/mol. The van der Waals surface area contributed by atoms with Crippen LogP contribution in [0.25, 0.3) is 0 Å². The summed E-state index contributed by atoms with van der Waals surface area (Å²) in [5, 5.41) is 0. The molecule has 0 saturated heterocycles. The third-order valence-electron chi connectivity index (χ3n) is 2.50. The van der Waals surface area contributed by atoms with Gasteiger partial charge in [0.2, 0.25) is 0 Å². The van der Waals surface area contributed by atoms with Crippen LogP contribution in [0.4, 0.5) is 4.39 Å². The molecule has 100 valence electrons. The Hall–Kier alpha value is -0.870. The largest absolute Gasteiger partial charge is 0.385 e. The molecule has 0 radical (unpaired) electrons. The van der Waals surface area contributed by atoms with E-state index in [1.165, 1.54) is 12.1 Å². The van der Waals surface area contributed by atoms with Gasteiger partial charge in [0.25, 0.3) is 0 Å². The molecule has 0 aliphatic heterocycles. The SMILES string of the molecule is COCCCSCCCC(=O)c1ccc(F)cc1. The highest BCUT2D eigenvalue weighted by Crippen LogP contribution is 2.11. The first-order valence-corrected chi connectivity index (χ1v) is 7.25. The minimum absolute atomic E-state index is 0.0903. The van der Waals surface area contributed by atoms with Crippen molar-refractivity contribution >= 4 is 17.5 Å². The number of thioether (sulfide) groups is 1. The maximum atomic E-state index is 12.7. The van der Waals surface area contributed by atoms with Gasteiger partial charge in [0, 0.05) is 25.7 Å². The van der Waals surface area contributed by atoms with Gasteiger partial charge in [-0.1, -0.05) is 0 Å². The van der Waals surface area contributed by atoms with E-state index < -0.39 is 0 Å². The van der Waals surface area contributed by atoms with Crippen LogP contribution in [0, 0.1) is 5.82 Å². The fraction of sp³-hybridized carbons (Fsp3) is 0.500. The number of hydrogen-bond acceptors (Lipinski definition) is 3. The van der Waals surface area contributed by atoms with Crippen LogP contribution in [0.15, 0.2) is 24.3 Å². The van der Waals surface area contributed by atoms with Crippen molar-refractivity contribution in [3.05, 3.63) is 35.6 Å². The highest BCUT2D eigenvalue weighted by molar-refractivity contribution is 7.99. The van der Waals surface area contributed by atoms with E-state index in [-0.39, 0.29) is 11.6 Å². The number of hydrogen-bond donors (Lipinski definition) is 0. The van der Waals surface area contributed by atoms with Crippen molar-refractivity contribution in [1.29, 1.82) is 0 Å². The summed E-state index contributed by atoms with van der Waals surface area (Å²) in [5.74, 6) is 1.84. The van der Waals surface area contributed by atoms with Crippen LogP contribution in [-0.2, 0) is 4.74 Å². The predicted molar refractivity (Wildman–Crippen MR) is 73.8 cm³/mol. The van der Waals surface area contributed by atoms with Crippen molar-refractivity contribution in [2.75, 3.05) is 25.2 Å². The molecule has 0 aromatic heterocycles. The van der Waals surface area contributed by atoms with Gasteiger partial charge in [-0.3, -0.25) is 4.79 Å². The van der Waals surface area contributed by atoms with Gasteiger partial charge >= 0.3 is 0 Å². The third kappa shape index (κ3) is 6.17. The Bertz CT molecular complexity index is 351. The summed E-state index contributed by atoms with van der Waals surface area (Å²) in [6.45, 7) is 0.793. The van der Waals surface area contributed by atoms with Gasteiger partial charge in [-0.25, -0.2) is 4.39 Å². The molecular formula is C14H19FO2S. The fourth-order valence-electron chi connectivity index (χ4n) is 1.52. The highest BCUT2D eigenvalue weighted by atomic mass is 32.2. The van der Waals surface area contributed by atoms with Gasteiger partial charge in [-0.15, -0.1) is 0 Å². The Morgan fingerprint density at radius 2 is 1.89 bits per heavy atom. The molecule has 4 heteroatoms. The number of Topliss-reactive ketones (excluding diaryl/α,β-unsaturated/α-hetero) is 1. The summed E-state index contributed by atoms with van der Waals surface area (Å²) in [6, 6.07) is 5.74. The molecule has 0 bridgehead atoms. The van der Waals surface area contributed by atoms with E-state index in [0.717, 1.165) is 31.0 Å². The number of ether oxygens (including phenoxy) is 1. The van der Waals surface area contributed by atoms with Crippen molar-refractivity contribution in [2.45, 2.75) is 19.3 Å². The van der Waals surface area contributed by atoms with Crippen molar-refractivity contribution < 1.29 is 13.9 Å². The molecule has 0 aliphatic rings. The van der Waals surface area contributed by atoms with Gasteiger partial charge in [-0.05, 0) is 48.6 Å². The van der Waals surface area contributed by atoms with Gasteiger partial charge in [0.05, 0.1) is 0 Å². The highest BCUT2D eigenvalue weighted by Gasteiger charge is 2.05. The van der Waals surface area contributed by atoms with E-state index >= 15 is 0 Å². The fourth-order valence-corrected chi connectivity index (χ4v) is 2.40. The van der Waals surface area contributed by atoms with Gasteiger partial charge in [0.1, 0.15) is 5.82 Å². The summed E-state index contributed by atoms with van der Waals surface area (Å²) in [7, 11) is 1.70. The monoisotopic (exact) mass is 270 g/mol. The Balaban J connectivity index is 2.12. The average molecular weight is 270 g/mol. The smallest absolute Gasteiger partial charge is 0.162 e. The molecule has 0 saturated carbocycles. The quantitative estimate of drug-likeness (QED) is 0.507. The summed E-state index contributed by atoms with van der Waals surface area (Å²) in [4.78, 5) is 11.7. The van der Waals surface area contributed by atoms with Crippen LogP contribution in [-0.4, -0.2) is 31.0 Å². The number of halogens is 1. The molecule has 0 spiro atoms. The summed E-state index contributed by atoms with van der Waals surface area (Å²) >= 11 is 1.84. The normalized spacial score (nSPS) is 10.6. The van der Waals surface area contributed by atoms with E-state index in [0.29, 0.717) is 12.0 Å². The molecule has 2 nitrogen and oxygen atoms in total. The van der Waals surface area contributed by atoms with E-state index in [9.17, 15) is 9.18 Å². The number of carbonyl (C=O) groups is 1. The van der Waals surface area contributed by atoms with Gasteiger partial charge in [0.15, 0.2) is 5.78 Å². The van der Waals surface area contributed by atoms with Crippen molar-refractivity contribution in [3.63, 3.8) is 0 Å². The molecule has 0 fully saturated rings. The first-order valence-electron chi connectivity index (χ1n) is 6.09. The molecule has 0 N–H and O–H groups in total. The first-order chi connectivity index (χ1) is 8.74. The van der Waals surface area contributed by atoms with Gasteiger partial charge in [-0.2, -0.15) is 11.8 Å². The summed E-state index contributed by atoms with van der Waals surface area (Å²) in [5.41, 5.74) is 0.598. The standard InChI is InChI=1S/C14H19FO2S/c1-17-9-3-11-18-10-2-4-14(16)12-5-7-13(15)8-6-12/h5-8H,2-4,9-11H2,1H3. The molecule has 1 aromatic rings. The second kappa shape index (κ2) is 9.11. The molecule has 0 unspecified atom stereocenters. The molecule has 0 amide bonds. The first kappa shape index (κ1) is 15.2. The minimum atomic E-state index is -0.305. The molecule has 0 aliphatic carbocycles. The van der Waals surface area contributed by atoms with Crippen LogP contribution >= 0.6 is 11.8 Å². The number of carbonyl (C=O) groups excluding carboxylic acids is 1. The van der Waals surface area contributed by atoms with Crippen LogP contribution in [0.3, 0.4) is 0 Å². The van der Waals surface area contributed by atoms with Crippen molar-refractivity contribution in [2.24, 2.45) is 0 Å². The lowest BCUT2D eigenvalue weighted by atomic mass is 10.1. The van der Waals surface area contributed by atoms with E-state index in [2.05, 4.69) is 0 Å². The summed E-state index contributed by atoms with van der Waals surface area (Å²) in [6.07, 6.45) is 2.45. The van der Waals surface area contributed by atoms with Crippen LogP contribution in [0.5, 0.6) is 0 Å². The second-order valence-electron chi connectivity index (χ2n) is 3.99. The lowest BCUT2D eigenvalue weighted by molar-refractivity contribution is 0.0982. The number of rotatable bonds is 9. The van der Waals surface area contributed by atoms with E-state index in [1.54, 1.807) is 19.2 Å². The van der Waals surface area contributed by atoms with E-state index in [4.69, 9.17) is 4.74 Å². The average Bonchev–Trinajstić information content (AvgIpc) is 2.38. The van der Waals surface area contributed by atoms with Crippen LogP contribution in [0.1, 0.15) is 29.6 Å². The summed E-state index contributed by atoms with van der Waals surface area (Å²) < 4.78 is 17.6. The molecule has 1 aromatic carbocycles. The number of ketones is 1. The Kier molecular flexibility index (Phi) is 7.69. The zero-order valence-corrected chi connectivity index (χ0v) is 11.5. The number of benzene rings is 1. The predicted octanol–water partition coefficient (Wildman–Crippen LogP) is 3.56. The lowest BCUT2D eigenvalue weighted by Crippen LogP contribution is -2.00. The Labute approximate surface area is 112 Å². The van der Waals surface area contributed by atoms with Crippen molar-refractivity contribution in [3.8, 4) is 0 Å². The zero-order chi connectivity index (χ0) is 13.2. The Morgan fingerprint density at radius 1 is 1.22 bits per heavy atom. The second-order valence-corrected chi connectivity index (χ2v) is 5.22. The lowest BCUT2D eigenvalue weighted by Gasteiger charge is -2.02. The van der Waals surface area contributed by atoms with E-state index in [1.807, 2.05) is 11.8 Å².